The van der Waals surface area contributed by atoms with Gasteiger partial charge in [0.2, 0.25) is 5.95 Å². The molecule has 0 radical (unpaired) electrons. The molecule has 2 nitrogen and oxygen atoms in total. The molecule has 0 amide bonds. The van der Waals surface area contributed by atoms with Gasteiger partial charge in [0.05, 0.1) is 11.7 Å². The van der Waals surface area contributed by atoms with E-state index in [1.54, 1.807) is 0 Å². The molecule has 0 bridgehead atoms. The zero-order valence-electron chi connectivity index (χ0n) is 7.00. The molecule has 0 unspecified atom stereocenters. The van der Waals surface area contributed by atoms with E-state index in [1.807, 2.05) is 0 Å². The Bertz CT molecular complexity index is 323. The molecule has 13 heavy (non-hydrogen) atoms. The maximum atomic E-state index is 13.1. The van der Waals surface area contributed by atoms with Crippen molar-refractivity contribution in [3.8, 4) is 0 Å². The molecule has 1 fully saturated rings. The summed E-state index contributed by atoms with van der Waals surface area (Å²) in [5, 5.41) is 0. The van der Waals surface area contributed by atoms with Crippen molar-refractivity contribution in [3.63, 3.8) is 0 Å². The Morgan fingerprint density at radius 1 is 1.38 bits per heavy atom. The Balaban J connectivity index is 2.31. The second-order valence-electron chi connectivity index (χ2n) is 3.36. The molecule has 1 atom stereocenters. The molecule has 1 aromatic heterocycles. The van der Waals surface area contributed by atoms with Crippen molar-refractivity contribution in [2.75, 3.05) is 0 Å². The maximum Gasteiger partial charge on any atom is 0.213 e. The molecule has 0 saturated heterocycles. The summed E-state index contributed by atoms with van der Waals surface area (Å²) < 4.78 is 25.8. The van der Waals surface area contributed by atoms with E-state index in [0.717, 1.165) is 25.0 Å². The third kappa shape index (κ3) is 1.67. The van der Waals surface area contributed by atoms with Crippen LogP contribution in [0.2, 0.25) is 0 Å². The molecule has 1 aliphatic carbocycles. The van der Waals surface area contributed by atoms with E-state index >= 15 is 0 Å². The zero-order valence-corrected chi connectivity index (χ0v) is 7.00. The normalized spacial score (nSPS) is 18.7. The minimum Gasteiger partial charge on any atom is -0.322 e. The van der Waals surface area contributed by atoms with Crippen LogP contribution in [0.3, 0.4) is 0 Å². The minimum absolute atomic E-state index is 0.0579. The Labute approximate surface area is 74.8 Å². The van der Waals surface area contributed by atoms with E-state index in [0.29, 0.717) is 0 Å². The summed E-state index contributed by atoms with van der Waals surface area (Å²) in [5.74, 6) is -0.905. The topological polar surface area (TPSA) is 38.9 Å². The first-order chi connectivity index (χ1) is 6.18. The van der Waals surface area contributed by atoms with Crippen LogP contribution in [0.25, 0.3) is 0 Å². The summed E-state index contributed by atoms with van der Waals surface area (Å²) in [5.41, 5.74) is 5.76. The molecule has 2 rings (SSSR count). The second-order valence-corrected chi connectivity index (χ2v) is 3.36. The molecule has 1 aliphatic rings. The lowest BCUT2D eigenvalue weighted by Gasteiger charge is -2.09. The summed E-state index contributed by atoms with van der Waals surface area (Å²) >= 11 is 0. The van der Waals surface area contributed by atoms with E-state index in [9.17, 15) is 8.78 Å². The molecule has 2 N–H and O–H groups in total. The van der Waals surface area contributed by atoms with Gasteiger partial charge in [0, 0.05) is 0 Å². The largest absolute Gasteiger partial charge is 0.322 e. The van der Waals surface area contributed by atoms with Crippen LogP contribution in [0, 0.1) is 17.7 Å². The molecular weight excluding hydrogens is 174 g/mol. The predicted molar refractivity (Wildman–Crippen MR) is 43.8 cm³/mol. The molecule has 70 valence electrons. The van der Waals surface area contributed by atoms with E-state index in [4.69, 9.17) is 5.73 Å². The Hall–Kier alpha value is -1.03. The first-order valence-electron chi connectivity index (χ1n) is 4.26. The third-order valence-corrected chi connectivity index (χ3v) is 2.28. The highest BCUT2D eigenvalue weighted by molar-refractivity contribution is 5.14. The fraction of sp³-hybridized carbons (Fsp3) is 0.444. The van der Waals surface area contributed by atoms with E-state index in [2.05, 4.69) is 4.98 Å². The highest BCUT2D eigenvalue weighted by Gasteiger charge is 2.32. The van der Waals surface area contributed by atoms with Crippen LogP contribution in [0.5, 0.6) is 0 Å². The maximum absolute atomic E-state index is 13.1. The van der Waals surface area contributed by atoms with Crippen LogP contribution in [0.1, 0.15) is 24.6 Å². The van der Waals surface area contributed by atoms with Gasteiger partial charge in [0.25, 0.3) is 0 Å². The first-order valence-corrected chi connectivity index (χ1v) is 4.26. The molecule has 0 aromatic carbocycles. The van der Waals surface area contributed by atoms with Crippen molar-refractivity contribution in [1.29, 1.82) is 0 Å². The van der Waals surface area contributed by atoms with Gasteiger partial charge in [-0.2, -0.15) is 4.39 Å². The zero-order chi connectivity index (χ0) is 9.42. The molecule has 1 heterocycles. The highest BCUT2D eigenvalue weighted by Crippen LogP contribution is 2.39. The van der Waals surface area contributed by atoms with Gasteiger partial charge in [-0.15, -0.1) is 0 Å². The molecular formula is C9H10F2N2. The number of pyridine rings is 1. The number of halogens is 2. The SMILES string of the molecule is N[C@@H](c1nc(F)ccc1F)C1CC1. The summed E-state index contributed by atoms with van der Waals surface area (Å²) in [6.07, 6.45) is 1.97. The third-order valence-electron chi connectivity index (χ3n) is 2.28. The van der Waals surface area contributed by atoms with Crippen LogP contribution in [-0.4, -0.2) is 4.98 Å². The van der Waals surface area contributed by atoms with Gasteiger partial charge in [-0.1, -0.05) is 0 Å². The monoisotopic (exact) mass is 184 g/mol. The summed E-state index contributed by atoms with van der Waals surface area (Å²) in [6, 6.07) is 1.62. The summed E-state index contributed by atoms with van der Waals surface area (Å²) in [6.45, 7) is 0. The fourth-order valence-corrected chi connectivity index (χ4v) is 1.35. The van der Waals surface area contributed by atoms with Gasteiger partial charge in [0.15, 0.2) is 0 Å². The average Bonchev–Trinajstić information content (AvgIpc) is 2.91. The van der Waals surface area contributed by atoms with Gasteiger partial charge in [-0.05, 0) is 30.9 Å². The number of aromatic nitrogens is 1. The van der Waals surface area contributed by atoms with Gasteiger partial charge in [0.1, 0.15) is 5.82 Å². The van der Waals surface area contributed by atoms with Crippen molar-refractivity contribution >= 4 is 0 Å². The van der Waals surface area contributed by atoms with Crippen molar-refractivity contribution in [2.24, 2.45) is 11.7 Å². The number of nitrogens with zero attached hydrogens (tertiary/aromatic N) is 1. The molecule has 0 aliphatic heterocycles. The van der Waals surface area contributed by atoms with Crippen LogP contribution >= 0.6 is 0 Å². The standard InChI is InChI=1S/C9H10F2N2/c10-6-3-4-7(11)13-9(6)8(12)5-1-2-5/h3-5,8H,1-2,12H2/t8-/m1/s1. The van der Waals surface area contributed by atoms with Crippen molar-refractivity contribution in [1.82, 2.24) is 4.98 Å². The molecule has 0 spiro atoms. The van der Waals surface area contributed by atoms with Gasteiger partial charge >= 0.3 is 0 Å². The first kappa shape index (κ1) is 8.56. The molecule has 1 saturated carbocycles. The van der Waals surface area contributed by atoms with Crippen molar-refractivity contribution in [2.45, 2.75) is 18.9 Å². The lowest BCUT2D eigenvalue weighted by Crippen LogP contribution is -2.16. The second kappa shape index (κ2) is 3.03. The number of nitrogens with two attached hydrogens (primary N) is 1. The summed E-state index contributed by atoms with van der Waals surface area (Å²) in [4.78, 5) is 3.47. The van der Waals surface area contributed by atoms with E-state index in [-0.39, 0.29) is 11.6 Å². The quantitative estimate of drug-likeness (QED) is 0.711. The van der Waals surface area contributed by atoms with Crippen LogP contribution < -0.4 is 5.73 Å². The van der Waals surface area contributed by atoms with Crippen LogP contribution in [0.4, 0.5) is 8.78 Å². The average molecular weight is 184 g/mol. The predicted octanol–water partition coefficient (Wildman–Crippen LogP) is 1.77. The lowest BCUT2D eigenvalue weighted by molar-refractivity contribution is 0.501. The lowest BCUT2D eigenvalue weighted by atomic mass is 10.1. The highest BCUT2D eigenvalue weighted by atomic mass is 19.1. The molecule has 1 aromatic rings. The van der Waals surface area contributed by atoms with Crippen molar-refractivity contribution < 1.29 is 8.78 Å². The Kier molecular flexibility index (Phi) is 2.00. The van der Waals surface area contributed by atoms with E-state index in [1.165, 1.54) is 0 Å². The number of rotatable bonds is 2. The van der Waals surface area contributed by atoms with Gasteiger partial charge < -0.3 is 5.73 Å². The fourth-order valence-electron chi connectivity index (χ4n) is 1.35. The van der Waals surface area contributed by atoms with Gasteiger partial charge in [-0.3, -0.25) is 0 Å². The van der Waals surface area contributed by atoms with E-state index < -0.39 is 17.8 Å². The van der Waals surface area contributed by atoms with Crippen molar-refractivity contribution in [3.05, 3.63) is 29.6 Å². The van der Waals surface area contributed by atoms with Crippen LogP contribution in [0.15, 0.2) is 12.1 Å². The molecule has 4 heteroatoms. The Morgan fingerprint density at radius 3 is 2.69 bits per heavy atom. The number of hydrogen-bond acceptors (Lipinski definition) is 2. The minimum atomic E-state index is -0.674. The van der Waals surface area contributed by atoms with Crippen LogP contribution in [-0.2, 0) is 0 Å². The number of hydrogen-bond donors (Lipinski definition) is 1. The summed E-state index contributed by atoms with van der Waals surface area (Å²) in [7, 11) is 0. The smallest absolute Gasteiger partial charge is 0.213 e. The Morgan fingerprint density at radius 2 is 2.08 bits per heavy atom. The van der Waals surface area contributed by atoms with Gasteiger partial charge in [-0.25, -0.2) is 9.37 Å².